The highest BCUT2D eigenvalue weighted by atomic mass is 19.1. The van der Waals surface area contributed by atoms with Gasteiger partial charge in [-0.25, -0.2) is 4.39 Å². The van der Waals surface area contributed by atoms with Gasteiger partial charge in [0.05, 0.1) is 12.5 Å². The maximum Gasteiger partial charge on any atom is 0.227 e. The Morgan fingerprint density at radius 1 is 1.14 bits per heavy atom. The first-order chi connectivity index (χ1) is 13.6. The standard InChI is InChI=1S/C23H21FN2O2/c1-16-15-28-22-6-5-19(18-3-2-4-21(24)13-18)12-20(22)14-26(16)23(27)11-17-7-9-25-10-8-17/h2-10,12-13,16H,11,14-15H2,1H3/t16-/m0/s1. The lowest BCUT2D eigenvalue weighted by Crippen LogP contribution is -2.40. The van der Waals surface area contributed by atoms with Gasteiger partial charge in [-0.05, 0) is 60.0 Å². The highest BCUT2D eigenvalue weighted by molar-refractivity contribution is 5.79. The molecule has 28 heavy (non-hydrogen) atoms. The van der Waals surface area contributed by atoms with Crippen LogP contribution in [0.3, 0.4) is 0 Å². The van der Waals surface area contributed by atoms with Crippen LogP contribution in [-0.4, -0.2) is 28.4 Å². The minimum absolute atomic E-state index is 0.0423. The van der Waals surface area contributed by atoms with Crippen molar-refractivity contribution in [2.75, 3.05) is 6.61 Å². The molecule has 2 aromatic carbocycles. The zero-order chi connectivity index (χ0) is 19.5. The number of halogens is 1. The molecule has 2 heterocycles. The van der Waals surface area contributed by atoms with E-state index in [0.29, 0.717) is 19.6 Å². The highest BCUT2D eigenvalue weighted by Gasteiger charge is 2.26. The fraction of sp³-hybridized carbons (Fsp3) is 0.217. The van der Waals surface area contributed by atoms with Gasteiger partial charge < -0.3 is 9.64 Å². The van der Waals surface area contributed by atoms with Crippen molar-refractivity contribution in [2.24, 2.45) is 0 Å². The molecule has 0 spiro atoms. The van der Waals surface area contributed by atoms with Crippen molar-refractivity contribution in [1.29, 1.82) is 0 Å². The van der Waals surface area contributed by atoms with Gasteiger partial charge in [0.15, 0.2) is 0 Å². The van der Waals surface area contributed by atoms with Crippen molar-refractivity contribution in [3.63, 3.8) is 0 Å². The van der Waals surface area contributed by atoms with Crippen LogP contribution in [0.15, 0.2) is 67.0 Å². The van der Waals surface area contributed by atoms with Crippen LogP contribution in [0.2, 0.25) is 0 Å². The molecule has 1 aromatic heterocycles. The number of amides is 1. The smallest absolute Gasteiger partial charge is 0.227 e. The molecule has 1 aliphatic heterocycles. The van der Waals surface area contributed by atoms with Crippen LogP contribution in [-0.2, 0) is 17.8 Å². The number of pyridine rings is 1. The molecular formula is C23H21FN2O2. The molecule has 0 fully saturated rings. The Morgan fingerprint density at radius 3 is 2.71 bits per heavy atom. The molecule has 0 saturated carbocycles. The predicted octanol–water partition coefficient (Wildman–Crippen LogP) is 4.24. The molecule has 4 nitrogen and oxygen atoms in total. The molecule has 1 atom stereocenters. The van der Waals surface area contributed by atoms with E-state index >= 15 is 0 Å². The van der Waals surface area contributed by atoms with Crippen LogP contribution in [0.5, 0.6) is 5.75 Å². The van der Waals surface area contributed by atoms with Crippen LogP contribution in [0.25, 0.3) is 11.1 Å². The van der Waals surface area contributed by atoms with Gasteiger partial charge in [-0.1, -0.05) is 18.2 Å². The second kappa shape index (κ2) is 7.80. The molecule has 1 aliphatic rings. The third-order valence-electron chi connectivity index (χ3n) is 5.00. The Morgan fingerprint density at radius 2 is 1.93 bits per heavy atom. The topological polar surface area (TPSA) is 42.4 Å². The normalized spacial score (nSPS) is 16.1. The fourth-order valence-electron chi connectivity index (χ4n) is 3.44. The van der Waals surface area contributed by atoms with Crippen molar-refractivity contribution in [2.45, 2.75) is 25.9 Å². The van der Waals surface area contributed by atoms with Gasteiger partial charge in [0.1, 0.15) is 18.2 Å². The average molecular weight is 376 g/mol. The summed E-state index contributed by atoms with van der Waals surface area (Å²) in [7, 11) is 0. The summed E-state index contributed by atoms with van der Waals surface area (Å²) >= 11 is 0. The average Bonchev–Trinajstić information content (AvgIpc) is 2.87. The second-order valence-electron chi connectivity index (χ2n) is 7.05. The molecule has 0 radical (unpaired) electrons. The summed E-state index contributed by atoms with van der Waals surface area (Å²) < 4.78 is 19.5. The van der Waals surface area contributed by atoms with E-state index in [1.165, 1.54) is 12.1 Å². The van der Waals surface area contributed by atoms with Crippen molar-refractivity contribution >= 4 is 5.91 Å². The van der Waals surface area contributed by atoms with Gasteiger partial charge in [0, 0.05) is 24.5 Å². The number of hydrogen-bond donors (Lipinski definition) is 0. The van der Waals surface area contributed by atoms with E-state index in [4.69, 9.17) is 4.74 Å². The van der Waals surface area contributed by atoms with E-state index in [2.05, 4.69) is 4.98 Å². The Labute approximate surface area is 163 Å². The Kier molecular flexibility index (Phi) is 5.06. The summed E-state index contributed by atoms with van der Waals surface area (Å²) in [6, 6.07) is 16.0. The largest absolute Gasteiger partial charge is 0.491 e. The summed E-state index contributed by atoms with van der Waals surface area (Å²) in [4.78, 5) is 18.8. The van der Waals surface area contributed by atoms with Crippen LogP contribution in [0, 0.1) is 5.82 Å². The SMILES string of the molecule is C[C@H]1COc2ccc(-c3cccc(F)c3)cc2CN1C(=O)Cc1ccncc1. The number of fused-ring (bicyclic) bond motifs is 1. The number of hydrogen-bond acceptors (Lipinski definition) is 3. The van der Waals surface area contributed by atoms with Crippen LogP contribution in [0.1, 0.15) is 18.1 Å². The van der Waals surface area contributed by atoms with E-state index in [1.54, 1.807) is 18.5 Å². The first-order valence-corrected chi connectivity index (χ1v) is 9.30. The number of rotatable bonds is 3. The molecule has 0 unspecified atom stereocenters. The van der Waals surface area contributed by atoms with Crippen LogP contribution < -0.4 is 4.74 Å². The van der Waals surface area contributed by atoms with Crippen LogP contribution in [0.4, 0.5) is 4.39 Å². The first-order valence-electron chi connectivity index (χ1n) is 9.30. The number of ether oxygens (including phenoxy) is 1. The van der Waals surface area contributed by atoms with Gasteiger partial charge in [0.2, 0.25) is 5.91 Å². The first kappa shape index (κ1) is 18.2. The lowest BCUT2D eigenvalue weighted by Gasteiger charge is -2.26. The Bertz CT molecular complexity index is 991. The highest BCUT2D eigenvalue weighted by Crippen LogP contribution is 2.31. The van der Waals surface area contributed by atoms with Crippen molar-refractivity contribution in [1.82, 2.24) is 9.88 Å². The quantitative estimate of drug-likeness (QED) is 0.687. The molecule has 0 N–H and O–H groups in total. The number of carbonyl (C=O) groups excluding carboxylic acids is 1. The lowest BCUT2D eigenvalue weighted by molar-refractivity contribution is -0.133. The second-order valence-corrected chi connectivity index (χ2v) is 7.05. The Balaban J connectivity index is 1.61. The molecule has 0 aliphatic carbocycles. The molecular weight excluding hydrogens is 355 g/mol. The third kappa shape index (κ3) is 3.88. The van der Waals surface area contributed by atoms with E-state index < -0.39 is 0 Å². The third-order valence-corrected chi connectivity index (χ3v) is 5.00. The Hall–Kier alpha value is -3.21. The van der Waals surface area contributed by atoms with Crippen molar-refractivity contribution < 1.29 is 13.9 Å². The van der Waals surface area contributed by atoms with Crippen molar-refractivity contribution in [3.05, 3.63) is 83.9 Å². The molecule has 5 heteroatoms. The minimum Gasteiger partial charge on any atom is -0.491 e. The monoisotopic (exact) mass is 376 g/mol. The molecule has 142 valence electrons. The zero-order valence-electron chi connectivity index (χ0n) is 15.6. The molecule has 4 rings (SSSR count). The summed E-state index contributed by atoms with van der Waals surface area (Å²) in [5.41, 5.74) is 3.56. The zero-order valence-corrected chi connectivity index (χ0v) is 15.6. The van der Waals surface area contributed by atoms with Gasteiger partial charge in [-0.2, -0.15) is 0 Å². The summed E-state index contributed by atoms with van der Waals surface area (Å²) in [5, 5.41) is 0. The summed E-state index contributed by atoms with van der Waals surface area (Å²) in [6.07, 6.45) is 3.71. The van der Waals surface area contributed by atoms with E-state index in [0.717, 1.165) is 28.0 Å². The number of aromatic nitrogens is 1. The van der Waals surface area contributed by atoms with Gasteiger partial charge in [-0.15, -0.1) is 0 Å². The molecule has 0 saturated heterocycles. The molecule has 1 amide bonds. The number of carbonyl (C=O) groups is 1. The van der Waals surface area contributed by atoms with Gasteiger partial charge >= 0.3 is 0 Å². The van der Waals surface area contributed by atoms with Gasteiger partial charge in [0.25, 0.3) is 0 Å². The molecule has 0 bridgehead atoms. The minimum atomic E-state index is -0.272. The summed E-state index contributed by atoms with van der Waals surface area (Å²) in [6.45, 7) is 2.89. The van der Waals surface area contributed by atoms with Gasteiger partial charge in [-0.3, -0.25) is 9.78 Å². The number of benzene rings is 2. The van der Waals surface area contributed by atoms with Crippen LogP contribution >= 0.6 is 0 Å². The molecule has 3 aromatic rings. The fourth-order valence-corrected chi connectivity index (χ4v) is 3.44. The van der Waals surface area contributed by atoms with Crippen molar-refractivity contribution in [3.8, 4) is 16.9 Å². The summed E-state index contributed by atoms with van der Waals surface area (Å²) in [5.74, 6) is 0.545. The predicted molar refractivity (Wildman–Crippen MR) is 105 cm³/mol. The maximum absolute atomic E-state index is 13.6. The van der Waals surface area contributed by atoms with E-state index in [-0.39, 0.29) is 17.8 Å². The van der Waals surface area contributed by atoms with E-state index in [1.807, 2.05) is 48.2 Å². The number of nitrogens with zero attached hydrogens (tertiary/aromatic N) is 2. The maximum atomic E-state index is 13.6. The lowest BCUT2D eigenvalue weighted by atomic mass is 10.0. The van der Waals surface area contributed by atoms with E-state index in [9.17, 15) is 9.18 Å².